The third kappa shape index (κ3) is 7.93. The summed E-state index contributed by atoms with van der Waals surface area (Å²) in [7, 11) is 2.11. The minimum absolute atomic E-state index is 0.779. The van der Waals surface area contributed by atoms with Crippen LogP contribution in [0, 0.1) is 0 Å². The van der Waals surface area contributed by atoms with Gasteiger partial charge in [-0.15, -0.1) is 0 Å². The van der Waals surface area contributed by atoms with Gasteiger partial charge in [0.15, 0.2) is 5.96 Å². The summed E-state index contributed by atoms with van der Waals surface area (Å²) in [6, 6.07) is 7.97. The monoisotopic (exact) mass is 310 g/mol. The molecule has 1 aromatic carbocycles. The summed E-state index contributed by atoms with van der Waals surface area (Å²) < 4.78 is 0. The Kier molecular flexibility index (Phi) is 8.87. The van der Waals surface area contributed by atoms with Crippen LogP contribution < -0.4 is 10.6 Å². The van der Waals surface area contributed by atoms with Crippen molar-refractivity contribution in [1.82, 2.24) is 15.5 Å². The molecule has 0 aliphatic rings. The maximum atomic E-state index is 5.88. The number of hydrogen-bond acceptors (Lipinski definition) is 2. The molecule has 4 nitrogen and oxygen atoms in total. The van der Waals surface area contributed by atoms with E-state index in [1.54, 1.807) is 0 Å². The van der Waals surface area contributed by atoms with E-state index in [-0.39, 0.29) is 0 Å². The van der Waals surface area contributed by atoms with Crippen LogP contribution in [0.15, 0.2) is 29.3 Å². The molecular formula is C16H27ClN4. The number of aliphatic imine (C=N–C) groups is 1. The lowest BCUT2D eigenvalue weighted by atomic mass is 10.1. The molecule has 0 unspecified atom stereocenters. The first-order valence-corrected chi connectivity index (χ1v) is 7.98. The summed E-state index contributed by atoms with van der Waals surface area (Å²) in [5.74, 6) is 0.885. The molecule has 0 fully saturated rings. The quantitative estimate of drug-likeness (QED) is 0.572. The minimum Gasteiger partial charge on any atom is -0.357 e. The van der Waals surface area contributed by atoms with E-state index in [0.717, 1.165) is 50.1 Å². The zero-order chi connectivity index (χ0) is 15.5. The molecule has 0 aliphatic carbocycles. The fourth-order valence-corrected chi connectivity index (χ4v) is 1.93. The van der Waals surface area contributed by atoms with Crippen LogP contribution in [-0.4, -0.2) is 50.6 Å². The fourth-order valence-electron chi connectivity index (χ4n) is 1.81. The standard InChI is InChI=1S/C16H27ClN4/c1-4-18-16(20-12-13-21(3)5-2)19-11-10-14-6-8-15(17)9-7-14/h6-9H,4-5,10-13H2,1-3H3,(H2,18,19,20). The smallest absolute Gasteiger partial charge is 0.191 e. The zero-order valence-corrected chi connectivity index (χ0v) is 14.1. The fraction of sp³-hybridized carbons (Fsp3) is 0.562. The molecule has 1 rings (SSSR count). The predicted molar refractivity (Wildman–Crippen MR) is 92.3 cm³/mol. The molecule has 1 aromatic rings. The molecule has 0 amide bonds. The van der Waals surface area contributed by atoms with Crippen LogP contribution in [-0.2, 0) is 6.42 Å². The first-order chi connectivity index (χ1) is 10.2. The van der Waals surface area contributed by atoms with E-state index in [4.69, 9.17) is 11.6 Å². The van der Waals surface area contributed by atoms with Gasteiger partial charge in [0.05, 0.1) is 6.54 Å². The van der Waals surface area contributed by atoms with Gasteiger partial charge in [-0.05, 0) is 44.6 Å². The molecule has 0 atom stereocenters. The van der Waals surface area contributed by atoms with Gasteiger partial charge in [-0.3, -0.25) is 4.99 Å². The summed E-state index contributed by atoms with van der Waals surface area (Å²) in [5, 5.41) is 7.41. The molecule has 5 heteroatoms. The van der Waals surface area contributed by atoms with Crippen LogP contribution in [0.3, 0.4) is 0 Å². The summed E-state index contributed by atoms with van der Waals surface area (Å²) >= 11 is 5.88. The van der Waals surface area contributed by atoms with Gasteiger partial charge in [0.1, 0.15) is 0 Å². The number of rotatable bonds is 8. The third-order valence-corrected chi connectivity index (χ3v) is 3.51. The summed E-state index contributed by atoms with van der Waals surface area (Å²) in [6.45, 7) is 8.79. The molecule has 0 aliphatic heterocycles. The number of hydrogen-bond donors (Lipinski definition) is 2. The van der Waals surface area contributed by atoms with Crippen molar-refractivity contribution in [2.24, 2.45) is 4.99 Å². The van der Waals surface area contributed by atoms with E-state index in [1.807, 2.05) is 12.1 Å². The molecule has 2 N–H and O–H groups in total. The molecule has 0 saturated carbocycles. The lowest BCUT2D eigenvalue weighted by molar-refractivity contribution is 0.363. The Hall–Kier alpha value is -1.26. The number of halogens is 1. The summed E-state index contributed by atoms with van der Waals surface area (Å²) in [5.41, 5.74) is 1.27. The maximum absolute atomic E-state index is 5.88. The van der Waals surface area contributed by atoms with Crippen LogP contribution in [0.2, 0.25) is 5.02 Å². The van der Waals surface area contributed by atoms with Gasteiger partial charge in [-0.2, -0.15) is 0 Å². The first kappa shape index (κ1) is 17.8. The van der Waals surface area contributed by atoms with E-state index < -0.39 is 0 Å². The third-order valence-electron chi connectivity index (χ3n) is 3.26. The van der Waals surface area contributed by atoms with Crippen LogP contribution in [0.1, 0.15) is 19.4 Å². The topological polar surface area (TPSA) is 39.7 Å². The van der Waals surface area contributed by atoms with Crippen molar-refractivity contribution in [3.8, 4) is 0 Å². The van der Waals surface area contributed by atoms with Crippen LogP contribution in [0.4, 0.5) is 0 Å². The molecular weight excluding hydrogens is 284 g/mol. The molecule has 0 heterocycles. The van der Waals surface area contributed by atoms with Gasteiger partial charge in [0.25, 0.3) is 0 Å². The molecule has 0 bridgehead atoms. The van der Waals surface area contributed by atoms with Gasteiger partial charge >= 0.3 is 0 Å². The highest BCUT2D eigenvalue weighted by Gasteiger charge is 1.99. The lowest BCUT2D eigenvalue weighted by Crippen LogP contribution is -2.38. The highest BCUT2D eigenvalue weighted by molar-refractivity contribution is 6.30. The number of benzene rings is 1. The largest absolute Gasteiger partial charge is 0.357 e. The Morgan fingerprint density at radius 2 is 1.90 bits per heavy atom. The van der Waals surface area contributed by atoms with Gasteiger partial charge < -0.3 is 15.5 Å². The zero-order valence-electron chi connectivity index (χ0n) is 13.3. The Bertz CT molecular complexity index is 417. The van der Waals surface area contributed by atoms with Crippen molar-refractivity contribution in [2.45, 2.75) is 20.3 Å². The van der Waals surface area contributed by atoms with Gasteiger partial charge in [-0.1, -0.05) is 30.7 Å². The second-order valence-corrected chi connectivity index (χ2v) is 5.40. The minimum atomic E-state index is 0.779. The highest BCUT2D eigenvalue weighted by atomic mass is 35.5. The Morgan fingerprint density at radius 1 is 1.19 bits per heavy atom. The number of nitrogens with one attached hydrogen (secondary N) is 2. The van der Waals surface area contributed by atoms with Crippen molar-refractivity contribution in [3.05, 3.63) is 34.9 Å². The highest BCUT2D eigenvalue weighted by Crippen LogP contribution is 2.09. The normalized spacial score (nSPS) is 11.8. The SMILES string of the molecule is CCNC(=NCCN(C)CC)NCCc1ccc(Cl)cc1. The van der Waals surface area contributed by atoms with E-state index in [9.17, 15) is 0 Å². The van der Waals surface area contributed by atoms with Gasteiger partial charge in [0, 0.05) is 24.7 Å². The summed E-state index contributed by atoms with van der Waals surface area (Å²) in [6.07, 6.45) is 0.955. The van der Waals surface area contributed by atoms with Crippen molar-refractivity contribution >= 4 is 17.6 Å². The van der Waals surface area contributed by atoms with Crippen LogP contribution in [0.25, 0.3) is 0 Å². The van der Waals surface area contributed by atoms with Gasteiger partial charge in [-0.25, -0.2) is 0 Å². The molecule has 118 valence electrons. The van der Waals surface area contributed by atoms with E-state index >= 15 is 0 Å². The Labute approximate surface area is 133 Å². The van der Waals surface area contributed by atoms with Crippen LogP contribution in [0.5, 0.6) is 0 Å². The van der Waals surface area contributed by atoms with Crippen molar-refractivity contribution in [2.75, 3.05) is 39.8 Å². The average Bonchev–Trinajstić information content (AvgIpc) is 2.49. The first-order valence-electron chi connectivity index (χ1n) is 7.60. The molecule has 0 aromatic heterocycles. The number of guanidine groups is 1. The lowest BCUT2D eigenvalue weighted by Gasteiger charge is -2.14. The number of nitrogens with zero attached hydrogens (tertiary/aromatic N) is 2. The van der Waals surface area contributed by atoms with Crippen molar-refractivity contribution in [1.29, 1.82) is 0 Å². The van der Waals surface area contributed by atoms with E-state index in [0.29, 0.717) is 0 Å². The molecule has 0 radical (unpaired) electrons. The molecule has 0 saturated heterocycles. The Balaban J connectivity index is 2.36. The number of likely N-dealkylation sites (N-methyl/N-ethyl adjacent to an activating group) is 1. The van der Waals surface area contributed by atoms with Crippen molar-refractivity contribution < 1.29 is 0 Å². The van der Waals surface area contributed by atoms with Crippen LogP contribution >= 0.6 is 11.6 Å². The van der Waals surface area contributed by atoms with Gasteiger partial charge in [0.2, 0.25) is 0 Å². The van der Waals surface area contributed by atoms with E-state index in [2.05, 4.69) is 53.6 Å². The second-order valence-electron chi connectivity index (χ2n) is 4.96. The predicted octanol–water partition coefficient (Wildman–Crippen LogP) is 2.39. The van der Waals surface area contributed by atoms with Crippen molar-refractivity contribution in [3.63, 3.8) is 0 Å². The second kappa shape index (κ2) is 10.5. The Morgan fingerprint density at radius 3 is 2.52 bits per heavy atom. The maximum Gasteiger partial charge on any atom is 0.191 e. The molecule has 0 spiro atoms. The summed E-state index contributed by atoms with van der Waals surface area (Å²) in [4.78, 5) is 6.83. The molecule has 21 heavy (non-hydrogen) atoms. The average molecular weight is 311 g/mol. The van der Waals surface area contributed by atoms with E-state index in [1.165, 1.54) is 5.56 Å².